The fourth-order valence-corrected chi connectivity index (χ4v) is 1.94. The van der Waals surface area contributed by atoms with Crippen LogP contribution in [0.15, 0.2) is 28.7 Å². The van der Waals surface area contributed by atoms with Crippen molar-refractivity contribution in [2.45, 2.75) is 25.8 Å². The molecule has 1 amide bonds. The van der Waals surface area contributed by atoms with Crippen LogP contribution >= 0.6 is 15.9 Å². The van der Waals surface area contributed by atoms with Crippen LogP contribution in [-0.4, -0.2) is 23.0 Å². The molecule has 0 radical (unpaired) electrons. The number of carboxylic acid groups (broad SMARTS) is 1. The van der Waals surface area contributed by atoms with E-state index in [1.165, 1.54) is 18.2 Å². The van der Waals surface area contributed by atoms with Gasteiger partial charge in [-0.05, 0) is 30.7 Å². The Hall–Kier alpha value is -1.69. The average Bonchev–Trinajstić information content (AvgIpc) is 2.38. The lowest BCUT2D eigenvalue weighted by Gasteiger charge is -2.12. The summed E-state index contributed by atoms with van der Waals surface area (Å²) < 4.78 is 14.1. The minimum absolute atomic E-state index is 0.138. The van der Waals surface area contributed by atoms with Crippen molar-refractivity contribution in [3.8, 4) is 0 Å². The number of carbonyl (C=O) groups is 2. The summed E-state index contributed by atoms with van der Waals surface area (Å²) in [4.78, 5) is 22.2. The summed E-state index contributed by atoms with van der Waals surface area (Å²) in [6, 6.07) is 3.97. The predicted octanol–water partition coefficient (Wildman–Crippen LogP) is 2.97. The number of halogens is 2. The standard InChI is InChI=1S/C14H15BrFNO3/c1-2-11(8-14(19)20)17-13(18)6-3-9-7-10(15)4-5-12(9)16/h3-7,11H,2,8H2,1H3,(H,17,18)(H,19,20)/b6-3+. The molecule has 2 N–H and O–H groups in total. The van der Waals surface area contributed by atoms with Crippen LogP contribution < -0.4 is 5.32 Å². The molecule has 20 heavy (non-hydrogen) atoms. The van der Waals surface area contributed by atoms with E-state index in [1.54, 1.807) is 19.1 Å². The average molecular weight is 344 g/mol. The monoisotopic (exact) mass is 343 g/mol. The number of carboxylic acids is 1. The zero-order valence-electron chi connectivity index (χ0n) is 10.9. The third kappa shape index (κ3) is 5.52. The molecule has 0 aliphatic rings. The van der Waals surface area contributed by atoms with Crippen molar-refractivity contribution in [2.24, 2.45) is 0 Å². The summed E-state index contributed by atoms with van der Waals surface area (Å²) >= 11 is 3.22. The van der Waals surface area contributed by atoms with E-state index < -0.39 is 23.7 Å². The summed E-state index contributed by atoms with van der Waals surface area (Å²) in [5.74, 6) is -1.86. The van der Waals surface area contributed by atoms with Gasteiger partial charge in [0.05, 0.1) is 6.42 Å². The number of rotatable bonds is 6. The molecule has 0 saturated carbocycles. The topological polar surface area (TPSA) is 66.4 Å². The summed E-state index contributed by atoms with van der Waals surface area (Å²) in [7, 11) is 0. The van der Waals surface area contributed by atoms with Gasteiger partial charge in [0.1, 0.15) is 5.82 Å². The molecule has 0 bridgehead atoms. The van der Waals surface area contributed by atoms with Crippen molar-refractivity contribution in [1.29, 1.82) is 0 Å². The maximum absolute atomic E-state index is 13.4. The Morgan fingerprint density at radius 2 is 2.20 bits per heavy atom. The second kappa shape index (κ2) is 7.79. The molecule has 0 aliphatic carbocycles. The van der Waals surface area contributed by atoms with Gasteiger partial charge in [0, 0.05) is 22.2 Å². The first kappa shape index (κ1) is 16.4. The van der Waals surface area contributed by atoms with Crippen LogP contribution in [0.3, 0.4) is 0 Å². The molecule has 0 heterocycles. The van der Waals surface area contributed by atoms with Gasteiger partial charge in [0.15, 0.2) is 0 Å². The molecule has 6 heteroatoms. The van der Waals surface area contributed by atoms with E-state index in [2.05, 4.69) is 21.2 Å². The number of benzene rings is 1. The largest absolute Gasteiger partial charge is 0.481 e. The zero-order chi connectivity index (χ0) is 15.1. The van der Waals surface area contributed by atoms with Crippen molar-refractivity contribution in [1.82, 2.24) is 5.32 Å². The lowest BCUT2D eigenvalue weighted by Crippen LogP contribution is -2.34. The molecule has 4 nitrogen and oxygen atoms in total. The molecule has 108 valence electrons. The molecule has 0 aromatic heterocycles. The molecule has 0 fully saturated rings. The molecule has 0 saturated heterocycles. The third-order valence-electron chi connectivity index (χ3n) is 2.63. The number of amides is 1. The Kier molecular flexibility index (Phi) is 6.38. The minimum Gasteiger partial charge on any atom is -0.481 e. The van der Waals surface area contributed by atoms with E-state index in [9.17, 15) is 14.0 Å². The molecule has 1 aromatic carbocycles. The third-order valence-corrected chi connectivity index (χ3v) is 3.13. The highest BCUT2D eigenvalue weighted by molar-refractivity contribution is 9.10. The SMILES string of the molecule is CCC(CC(=O)O)NC(=O)/C=C/c1cc(Br)ccc1F. The first-order chi connectivity index (χ1) is 9.42. The smallest absolute Gasteiger partial charge is 0.305 e. The first-order valence-corrected chi connectivity index (χ1v) is 6.87. The molecule has 0 aliphatic heterocycles. The minimum atomic E-state index is -0.973. The quantitative estimate of drug-likeness (QED) is 0.780. The molecule has 1 rings (SSSR count). The Balaban J connectivity index is 2.67. The molecule has 1 atom stereocenters. The number of nitrogens with one attached hydrogen (secondary N) is 1. The highest BCUT2D eigenvalue weighted by Gasteiger charge is 2.12. The van der Waals surface area contributed by atoms with Crippen molar-refractivity contribution in [3.63, 3.8) is 0 Å². The Labute approximate surface area is 124 Å². The van der Waals surface area contributed by atoms with E-state index in [4.69, 9.17) is 5.11 Å². The van der Waals surface area contributed by atoms with Crippen molar-refractivity contribution in [3.05, 3.63) is 40.1 Å². The Morgan fingerprint density at radius 3 is 2.80 bits per heavy atom. The molecule has 0 spiro atoms. The van der Waals surface area contributed by atoms with Crippen LogP contribution in [0.1, 0.15) is 25.3 Å². The van der Waals surface area contributed by atoms with Crippen LogP contribution in [0.4, 0.5) is 4.39 Å². The number of carbonyl (C=O) groups excluding carboxylic acids is 1. The van der Waals surface area contributed by atoms with Crippen LogP contribution in [-0.2, 0) is 9.59 Å². The van der Waals surface area contributed by atoms with E-state index in [0.29, 0.717) is 10.9 Å². The Morgan fingerprint density at radius 1 is 1.50 bits per heavy atom. The first-order valence-electron chi connectivity index (χ1n) is 6.07. The van der Waals surface area contributed by atoms with Gasteiger partial charge in [-0.3, -0.25) is 9.59 Å². The van der Waals surface area contributed by atoms with Crippen LogP contribution in [0.5, 0.6) is 0 Å². The van der Waals surface area contributed by atoms with Crippen molar-refractivity contribution >= 4 is 33.9 Å². The lowest BCUT2D eigenvalue weighted by molar-refractivity contribution is -0.137. The number of hydrogen-bond acceptors (Lipinski definition) is 2. The van der Waals surface area contributed by atoms with Crippen LogP contribution in [0.25, 0.3) is 6.08 Å². The van der Waals surface area contributed by atoms with Crippen molar-refractivity contribution in [2.75, 3.05) is 0 Å². The number of aliphatic carboxylic acids is 1. The van der Waals surface area contributed by atoms with Gasteiger partial charge in [-0.2, -0.15) is 0 Å². The van der Waals surface area contributed by atoms with Crippen molar-refractivity contribution < 1.29 is 19.1 Å². The highest BCUT2D eigenvalue weighted by atomic mass is 79.9. The van der Waals surface area contributed by atoms with Gasteiger partial charge >= 0.3 is 5.97 Å². The summed E-state index contributed by atoms with van der Waals surface area (Å²) in [6.07, 6.45) is 2.91. The highest BCUT2D eigenvalue weighted by Crippen LogP contribution is 2.16. The summed E-state index contributed by atoms with van der Waals surface area (Å²) in [5.41, 5.74) is 0.279. The van der Waals surface area contributed by atoms with Gasteiger partial charge < -0.3 is 10.4 Å². The van der Waals surface area contributed by atoms with E-state index in [0.717, 1.165) is 0 Å². The van der Waals surface area contributed by atoms with Gasteiger partial charge in [0.2, 0.25) is 5.91 Å². The second-order valence-corrected chi connectivity index (χ2v) is 5.13. The van der Waals surface area contributed by atoms with Gasteiger partial charge in [-0.1, -0.05) is 22.9 Å². The normalized spacial score (nSPS) is 12.3. The fourth-order valence-electron chi connectivity index (χ4n) is 1.57. The molecule has 1 unspecified atom stereocenters. The van der Waals surface area contributed by atoms with Gasteiger partial charge in [-0.25, -0.2) is 4.39 Å². The zero-order valence-corrected chi connectivity index (χ0v) is 12.5. The molecule has 1 aromatic rings. The predicted molar refractivity (Wildman–Crippen MR) is 77.6 cm³/mol. The van der Waals surface area contributed by atoms with E-state index in [-0.39, 0.29) is 12.0 Å². The van der Waals surface area contributed by atoms with Gasteiger partial charge in [0.25, 0.3) is 0 Å². The van der Waals surface area contributed by atoms with Crippen LogP contribution in [0.2, 0.25) is 0 Å². The summed E-state index contributed by atoms with van der Waals surface area (Å²) in [6.45, 7) is 1.78. The fraction of sp³-hybridized carbons (Fsp3) is 0.286. The number of hydrogen-bond donors (Lipinski definition) is 2. The second-order valence-electron chi connectivity index (χ2n) is 4.21. The van der Waals surface area contributed by atoms with E-state index >= 15 is 0 Å². The van der Waals surface area contributed by atoms with E-state index in [1.807, 2.05) is 0 Å². The Bertz CT molecular complexity index is 531. The molecular formula is C14H15BrFNO3. The lowest BCUT2D eigenvalue weighted by atomic mass is 10.1. The summed E-state index contributed by atoms with van der Waals surface area (Å²) in [5, 5.41) is 11.2. The van der Waals surface area contributed by atoms with Gasteiger partial charge in [-0.15, -0.1) is 0 Å². The van der Waals surface area contributed by atoms with Crippen LogP contribution in [0, 0.1) is 5.82 Å². The maximum atomic E-state index is 13.4. The molecular weight excluding hydrogens is 329 g/mol. The maximum Gasteiger partial charge on any atom is 0.305 e.